The molecule has 0 unspecified atom stereocenters. The maximum Gasteiger partial charge on any atom is 0.228 e. The first-order valence-corrected chi connectivity index (χ1v) is 7.22. The molecule has 2 rings (SSSR count). The zero-order valence-electron chi connectivity index (χ0n) is 9.99. The molecule has 2 aromatic carbocycles. The quantitative estimate of drug-likeness (QED) is 0.787. The number of carbonyl (C=O) groups excluding carboxylic acids is 1. The van der Waals surface area contributed by atoms with E-state index >= 15 is 0 Å². The number of benzene rings is 2. The van der Waals surface area contributed by atoms with Crippen LogP contribution in [-0.4, -0.2) is 5.91 Å². The molecular weight excluding hydrogens is 372 g/mol. The fourth-order valence-electron chi connectivity index (χ4n) is 1.61. The van der Waals surface area contributed by atoms with Crippen LogP contribution in [0.15, 0.2) is 51.4 Å². The summed E-state index contributed by atoms with van der Waals surface area (Å²) in [5.41, 5.74) is 7.98. The van der Waals surface area contributed by atoms with Gasteiger partial charge < -0.3 is 11.1 Å². The van der Waals surface area contributed by atoms with E-state index in [0.29, 0.717) is 12.1 Å². The second-order valence-corrected chi connectivity index (χ2v) is 5.86. The number of halogens is 2. The first-order valence-electron chi connectivity index (χ1n) is 5.64. The van der Waals surface area contributed by atoms with Crippen LogP contribution in [0.3, 0.4) is 0 Å². The minimum Gasteiger partial charge on any atom is -0.399 e. The Labute approximate surface area is 128 Å². The van der Waals surface area contributed by atoms with Gasteiger partial charge in [-0.1, -0.05) is 28.1 Å². The molecule has 0 aliphatic rings. The van der Waals surface area contributed by atoms with Gasteiger partial charge in [-0.25, -0.2) is 0 Å². The summed E-state index contributed by atoms with van der Waals surface area (Å²) in [6.07, 6.45) is 0.322. The molecule has 0 saturated carbocycles. The smallest absolute Gasteiger partial charge is 0.228 e. The lowest BCUT2D eigenvalue weighted by Gasteiger charge is -2.08. The van der Waals surface area contributed by atoms with Crippen molar-refractivity contribution < 1.29 is 4.79 Å². The van der Waals surface area contributed by atoms with E-state index in [2.05, 4.69) is 37.2 Å². The monoisotopic (exact) mass is 382 g/mol. The topological polar surface area (TPSA) is 55.1 Å². The van der Waals surface area contributed by atoms with Crippen molar-refractivity contribution in [1.29, 1.82) is 0 Å². The predicted molar refractivity (Wildman–Crippen MR) is 85.0 cm³/mol. The van der Waals surface area contributed by atoms with Gasteiger partial charge in [0.2, 0.25) is 5.91 Å². The molecule has 0 atom stereocenters. The highest BCUT2D eigenvalue weighted by atomic mass is 79.9. The normalized spacial score (nSPS) is 10.2. The van der Waals surface area contributed by atoms with Crippen LogP contribution in [0.4, 0.5) is 11.4 Å². The number of carbonyl (C=O) groups is 1. The Balaban J connectivity index is 2.03. The van der Waals surface area contributed by atoms with Crippen LogP contribution in [0.2, 0.25) is 0 Å². The number of rotatable bonds is 3. The van der Waals surface area contributed by atoms with E-state index in [4.69, 9.17) is 5.73 Å². The van der Waals surface area contributed by atoms with Crippen molar-refractivity contribution in [2.45, 2.75) is 6.42 Å². The van der Waals surface area contributed by atoms with Gasteiger partial charge in [-0.3, -0.25) is 4.79 Å². The molecule has 1 amide bonds. The van der Waals surface area contributed by atoms with Crippen LogP contribution in [-0.2, 0) is 11.2 Å². The molecule has 3 nitrogen and oxygen atoms in total. The van der Waals surface area contributed by atoms with Crippen LogP contribution < -0.4 is 11.1 Å². The van der Waals surface area contributed by atoms with E-state index in [1.54, 1.807) is 12.1 Å². The molecule has 5 heteroatoms. The average molecular weight is 384 g/mol. The maximum atomic E-state index is 11.9. The van der Waals surface area contributed by atoms with E-state index in [0.717, 1.165) is 20.2 Å². The summed E-state index contributed by atoms with van der Waals surface area (Å²) < 4.78 is 1.79. The Morgan fingerprint density at radius 3 is 2.42 bits per heavy atom. The lowest BCUT2D eigenvalue weighted by Crippen LogP contribution is -2.14. The second-order valence-electron chi connectivity index (χ2n) is 4.09. The molecule has 0 saturated heterocycles. The van der Waals surface area contributed by atoms with Gasteiger partial charge in [0.15, 0.2) is 0 Å². The number of hydrogen-bond acceptors (Lipinski definition) is 2. The van der Waals surface area contributed by atoms with Crippen molar-refractivity contribution in [2.75, 3.05) is 11.1 Å². The number of nitrogens with one attached hydrogen (secondary N) is 1. The van der Waals surface area contributed by atoms with Crippen molar-refractivity contribution in [2.24, 2.45) is 0 Å². The molecule has 0 heterocycles. The van der Waals surface area contributed by atoms with Crippen LogP contribution in [0.1, 0.15) is 5.56 Å². The Bertz CT molecular complexity index is 597. The third-order valence-electron chi connectivity index (χ3n) is 2.55. The Morgan fingerprint density at radius 1 is 1.11 bits per heavy atom. The molecule has 3 N–H and O–H groups in total. The summed E-state index contributed by atoms with van der Waals surface area (Å²) in [6.45, 7) is 0. The highest BCUT2D eigenvalue weighted by Gasteiger charge is 2.07. The summed E-state index contributed by atoms with van der Waals surface area (Å²) in [5, 5.41) is 2.86. The van der Waals surface area contributed by atoms with Gasteiger partial charge in [-0.05, 0) is 51.8 Å². The molecule has 0 fully saturated rings. The standard InChI is InChI=1S/C14H12Br2N2O/c15-10-3-6-13(12(16)8-10)18-14(19)7-9-1-4-11(17)5-2-9/h1-6,8H,7,17H2,(H,18,19). The zero-order chi connectivity index (χ0) is 13.8. The van der Waals surface area contributed by atoms with Crippen molar-refractivity contribution in [3.05, 3.63) is 57.0 Å². The van der Waals surface area contributed by atoms with Crippen molar-refractivity contribution >= 4 is 49.1 Å². The fourth-order valence-corrected chi connectivity index (χ4v) is 2.75. The largest absolute Gasteiger partial charge is 0.399 e. The second kappa shape index (κ2) is 6.21. The molecule has 98 valence electrons. The Morgan fingerprint density at radius 2 is 1.79 bits per heavy atom. The lowest BCUT2D eigenvalue weighted by atomic mass is 10.1. The third-order valence-corrected chi connectivity index (χ3v) is 3.70. The van der Waals surface area contributed by atoms with Crippen LogP contribution >= 0.6 is 31.9 Å². The summed E-state index contributed by atoms with van der Waals surface area (Å²) in [4.78, 5) is 11.9. The number of nitrogen functional groups attached to an aromatic ring is 1. The number of amides is 1. The Kier molecular flexibility index (Phi) is 4.61. The van der Waals surface area contributed by atoms with Gasteiger partial charge in [0.1, 0.15) is 0 Å². The lowest BCUT2D eigenvalue weighted by molar-refractivity contribution is -0.115. The van der Waals surface area contributed by atoms with Crippen LogP contribution in [0.5, 0.6) is 0 Å². The molecule has 2 aromatic rings. The predicted octanol–water partition coefficient (Wildman–Crippen LogP) is 3.98. The molecule has 0 aromatic heterocycles. The van der Waals surface area contributed by atoms with Crippen molar-refractivity contribution in [1.82, 2.24) is 0 Å². The first-order chi connectivity index (χ1) is 9.04. The number of nitrogens with two attached hydrogens (primary N) is 1. The Hall–Kier alpha value is -1.33. The van der Waals surface area contributed by atoms with Gasteiger partial charge in [0.25, 0.3) is 0 Å². The molecule has 0 radical (unpaired) electrons. The minimum absolute atomic E-state index is 0.0622. The van der Waals surface area contributed by atoms with Gasteiger partial charge in [0, 0.05) is 14.6 Å². The summed E-state index contributed by atoms with van der Waals surface area (Å²) in [7, 11) is 0. The van der Waals surface area contributed by atoms with E-state index in [-0.39, 0.29) is 5.91 Å². The molecule has 0 aliphatic heterocycles. The van der Waals surface area contributed by atoms with E-state index in [1.165, 1.54) is 0 Å². The average Bonchev–Trinajstić information content (AvgIpc) is 2.36. The number of hydrogen-bond donors (Lipinski definition) is 2. The summed E-state index contributed by atoms with van der Waals surface area (Å²) in [5.74, 6) is -0.0622. The first kappa shape index (κ1) is 14.1. The van der Waals surface area contributed by atoms with Crippen molar-refractivity contribution in [3.8, 4) is 0 Å². The zero-order valence-corrected chi connectivity index (χ0v) is 13.2. The van der Waals surface area contributed by atoms with Crippen molar-refractivity contribution in [3.63, 3.8) is 0 Å². The molecular formula is C14H12Br2N2O. The highest BCUT2D eigenvalue weighted by molar-refractivity contribution is 9.11. The van der Waals surface area contributed by atoms with Crippen LogP contribution in [0.25, 0.3) is 0 Å². The van der Waals surface area contributed by atoms with E-state index in [1.807, 2.05) is 30.3 Å². The van der Waals surface area contributed by atoms with Gasteiger partial charge >= 0.3 is 0 Å². The SMILES string of the molecule is Nc1ccc(CC(=O)Nc2ccc(Br)cc2Br)cc1. The fraction of sp³-hybridized carbons (Fsp3) is 0.0714. The summed E-state index contributed by atoms with van der Waals surface area (Å²) >= 11 is 6.78. The molecule has 0 bridgehead atoms. The third kappa shape index (κ3) is 4.08. The van der Waals surface area contributed by atoms with Gasteiger partial charge in [-0.2, -0.15) is 0 Å². The van der Waals surface area contributed by atoms with Gasteiger partial charge in [-0.15, -0.1) is 0 Å². The van der Waals surface area contributed by atoms with Gasteiger partial charge in [0.05, 0.1) is 12.1 Å². The molecule has 19 heavy (non-hydrogen) atoms. The number of anilines is 2. The minimum atomic E-state index is -0.0622. The molecule has 0 spiro atoms. The summed E-state index contributed by atoms with van der Waals surface area (Å²) in [6, 6.07) is 12.9. The van der Waals surface area contributed by atoms with Crippen LogP contribution in [0, 0.1) is 0 Å². The van der Waals surface area contributed by atoms with E-state index in [9.17, 15) is 4.79 Å². The maximum absolute atomic E-state index is 11.9. The highest BCUT2D eigenvalue weighted by Crippen LogP contribution is 2.26. The van der Waals surface area contributed by atoms with E-state index < -0.39 is 0 Å². The molecule has 0 aliphatic carbocycles.